The number of amides is 3. The number of thiol groups is 1. The molecule has 4 unspecified atom stereocenters. The first-order chi connectivity index (χ1) is 21.1. The topological polar surface area (TPSA) is 219 Å². The lowest BCUT2D eigenvalue weighted by atomic mass is 10.0. The molecule has 4 aromatic rings. The van der Waals surface area contributed by atoms with Gasteiger partial charge in [-0.25, -0.2) is 4.79 Å². The fourth-order valence-electron chi connectivity index (χ4n) is 4.88. The second-order valence-electron chi connectivity index (χ2n) is 10.4. The van der Waals surface area contributed by atoms with E-state index >= 15 is 0 Å². The van der Waals surface area contributed by atoms with Crippen LogP contribution >= 0.6 is 12.6 Å². The molecule has 0 radical (unpaired) electrons. The maximum Gasteiger partial charge on any atom is 0.326 e. The van der Waals surface area contributed by atoms with E-state index in [2.05, 4.69) is 38.5 Å². The van der Waals surface area contributed by atoms with Crippen molar-refractivity contribution in [2.75, 3.05) is 5.75 Å². The first-order valence-electron chi connectivity index (χ1n) is 13.9. The Kier molecular flexibility index (Phi) is 10.6. The minimum Gasteiger partial charge on any atom is -0.481 e. The molecule has 0 aliphatic carbocycles. The van der Waals surface area contributed by atoms with Crippen LogP contribution in [0.25, 0.3) is 21.8 Å². The molecule has 232 valence electrons. The van der Waals surface area contributed by atoms with Gasteiger partial charge < -0.3 is 41.9 Å². The van der Waals surface area contributed by atoms with Crippen LogP contribution < -0.4 is 21.7 Å². The van der Waals surface area contributed by atoms with Crippen molar-refractivity contribution in [2.45, 2.75) is 49.9 Å². The summed E-state index contributed by atoms with van der Waals surface area (Å²) < 4.78 is 0. The molecule has 0 spiro atoms. The zero-order chi connectivity index (χ0) is 31.8. The van der Waals surface area contributed by atoms with Crippen LogP contribution in [0.5, 0.6) is 0 Å². The van der Waals surface area contributed by atoms with Crippen LogP contribution in [0.1, 0.15) is 24.0 Å². The number of aliphatic carboxylic acids is 2. The lowest BCUT2D eigenvalue weighted by Crippen LogP contribution is -2.58. The zero-order valence-electron chi connectivity index (χ0n) is 23.6. The highest BCUT2D eigenvalue weighted by atomic mass is 32.1. The Morgan fingerprint density at radius 1 is 0.727 bits per heavy atom. The van der Waals surface area contributed by atoms with Crippen LogP contribution in [-0.2, 0) is 36.8 Å². The van der Waals surface area contributed by atoms with Crippen molar-refractivity contribution >= 4 is 64.1 Å². The van der Waals surface area contributed by atoms with Crippen LogP contribution in [0, 0.1) is 0 Å². The van der Waals surface area contributed by atoms with E-state index in [1.165, 1.54) is 0 Å². The Labute approximate surface area is 257 Å². The molecule has 14 heteroatoms. The number of nitrogens with two attached hydrogens (primary N) is 1. The van der Waals surface area contributed by atoms with E-state index in [1.54, 1.807) is 12.4 Å². The van der Waals surface area contributed by atoms with Crippen molar-refractivity contribution in [3.05, 3.63) is 72.1 Å². The number of hydrogen-bond donors (Lipinski definition) is 9. The molecule has 2 heterocycles. The van der Waals surface area contributed by atoms with Crippen molar-refractivity contribution in [3.8, 4) is 0 Å². The highest BCUT2D eigenvalue weighted by molar-refractivity contribution is 7.80. The van der Waals surface area contributed by atoms with E-state index in [0.717, 1.165) is 21.8 Å². The summed E-state index contributed by atoms with van der Waals surface area (Å²) in [6.45, 7) is 0. The number of carbonyl (C=O) groups excluding carboxylic acids is 3. The number of fused-ring (bicyclic) bond motifs is 2. The molecule has 0 aliphatic rings. The Morgan fingerprint density at radius 2 is 1.20 bits per heavy atom. The third-order valence-corrected chi connectivity index (χ3v) is 7.63. The average Bonchev–Trinajstić information content (AvgIpc) is 3.61. The number of H-pyrrole nitrogens is 2. The van der Waals surface area contributed by atoms with Crippen molar-refractivity contribution in [2.24, 2.45) is 5.73 Å². The van der Waals surface area contributed by atoms with Gasteiger partial charge in [-0.2, -0.15) is 12.6 Å². The van der Waals surface area contributed by atoms with Gasteiger partial charge in [0.1, 0.15) is 18.1 Å². The summed E-state index contributed by atoms with van der Waals surface area (Å²) in [5, 5.41) is 28.1. The number of carboxylic acids is 2. The fraction of sp³-hybridized carbons (Fsp3) is 0.300. The van der Waals surface area contributed by atoms with E-state index in [1.807, 2.05) is 48.5 Å². The molecule has 3 amide bonds. The SMILES string of the molecule is NC(CCC(=O)O)C(=O)NC(CS)C(=O)NC(Cc1c[nH]c2ccccc12)C(=O)NC(Cc1c[nH]c2ccccc12)C(=O)O. The molecule has 0 bridgehead atoms. The van der Waals surface area contributed by atoms with Crippen molar-refractivity contribution in [1.82, 2.24) is 25.9 Å². The van der Waals surface area contributed by atoms with Gasteiger partial charge >= 0.3 is 11.9 Å². The highest BCUT2D eigenvalue weighted by Gasteiger charge is 2.31. The number of para-hydroxylation sites is 2. The predicted molar refractivity (Wildman–Crippen MR) is 166 cm³/mol. The Hall–Kier alpha value is -4.82. The van der Waals surface area contributed by atoms with E-state index < -0.39 is 53.8 Å². The number of carbonyl (C=O) groups is 5. The number of carboxylic acid groups (broad SMARTS) is 2. The molecule has 4 atom stereocenters. The Balaban J connectivity index is 1.53. The van der Waals surface area contributed by atoms with Gasteiger partial charge in [-0.05, 0) is 29.7 Å². The van der Waals surface area contributed by atoms with Gasteiger partial charge in [0, 0.05) is 59.2 Å². The minimum atomic E-state index is -1.31. The second-order valence-corrected chi connectivity index (χ2v) is 10.7. The minimum absolute atomic E-state index is 0.00632. The first-order valence-corrected chi connectivity index (χ1v) is 14.5. The highest BCUT2D eigenvalue weighted by Crippen LogP contribution is 2.21. The third-order valence-electron chi connectivity index (χ3n) is 7.27. The lowest BCUT2D eigenvalue weighted by molar-refractivity contribution is -0.142. The summed E-state index contributed by atoms with van der Waals surface area (Å²) >= 11 is 4.16. The van der Waals surface area contributed by atoms with Gasteiger partial charge in [-0.1, -0.05) is 36.4 Å². The Bertz CT molecular complexity index is 1670. The van der Waals surface area contributed by atoms with Gasteiger partial charge in [0.25, 0.3) is 0 Å². The number of benzene rings is 2. The van der Waals surface area contributed by atoms with Crippen molar-refractivity contribution < 1.29 is 34.2 Å². The molecule has 13 nitrogen and oxygen atoms in total. The van der Waals surface area contributed by atoms with Crippen molar-refractivity contribution in [1.29, 1.82) is 0 Å². The summed E-state index contributed by atoms with van der Waals surface area (Å²) in [7, 11) is 0. The quantitative estimate of drug-likeness (QED) is 0.0872. The molecule has 2 aromatic heterocycles. The molecule has 4 rings (SSSR count). The smallest absolute Gasteiger partial charge is 0.326 e. The first kappa shape index (κ1) is 32.1. The number of nitrogens with one attached hydrogen (secondary N) is 5. The van der Waals surface area contributed by atoms with Crippen molar-refractivity contribution in [3.63, 3.8) is 0 Å². The third kappa shape index (κ3) is 7.96. The zero-order valence-corrected chi connectivity index (χ0v) is 24.5. The number of rotatable bonds is 15. The van der Waals surface area contributed by atoms with Gasteiger partial charge in [-0.15, -0.1) is 0 Å². The van der Waals surface area contributed by atoms with Gasteiger partial charge in [0.05, 0.1) is 6.04 Å². The van der Waals surface area contributed by atoms with Crippen LogP contribution in [-0.4, -0.2) is 79.8 Å². The molecule has 0 fully saturated rings. The van der Waals surface area contributed by atoms with E-state index in [0.29, 0.717) is 11.1 Å². The van der Waals surface area contributed by atoms with Crippen LogP contribution in [0.2, 0.25) is 0 Å². The fourth-order valence-corrected chi connectivity index (χ4v) is 5.13. The van der Waals surface area contributed by atoms with Crippen LogP contribution in [0.4, 0.5) is 0 Å². The molecule has 44 heavy (non-hydrogen) atoms. The molecule has 0 aliphatic heterocycles. The maximum absolute atomic E-state index is 13.6. The lowest BCUT2D eigenvalue weighted by Gasteiger charge is -2.24. The number of aromatic nitrogens is 2. The molecule has 9 N–H and O–H groups in total. The van der Waals surface area contributed by atoms with E-state index in [4.69, 9.17) is 10.8 Å². The van der Waals surface area contributed by atoms with Gasteiger partial charge in [0.2, 0.25) is 17.7 Å². The summed E-state index contributed by atoms with van der Waals surface area (Å²) in [5.41, 5.74) is 8.81. The number of hydrogen-bond acceptors (Lipinski definition) is 7. The molecular weight excluding hydrogens is 588 g/mol. The normalized spacial score (nSPS) is 14.0. The monoisotopic (exact) mass is 622 g/mol. The van der Waals surface area contributed by atoms with Gasteiger partial charge in [0.15, 0.2) is 0 Å². The van der Waals surface area contributed by atoms with Gasteiger partial charge in [-0.3, -0.25) is 19.2 Å². The molecule has 2 aromatic carbocycles. The Morgan fingerprint density at radius 3 is 1.73 bits per heavy atom. The van der Waals surface area contributed by atoms with Crippen LogP contribution in [0.3, 0.4) is 0 Å². The molecular formula is C30H34N6O7S. The van der Waals surface area contributed by atoms with E-state index in [-0.39, 0.29) is 31.4 Å². The maximum atomic E-state index is 13.6. The summed E-state index contributed by atoms with van der Waals surface area (Å²) in [6, 6.07) is 9.84. The summed E-state index contributed by atoms with van der Waals surface area (Å²) in [4.78, 5) is 68.8. The second kappa shape index (κ2) is 14.6. The van der Waals surface area contributed by atoms with E-state index in [9.17, 15) is 29.1 Å². The predicted octanol–water partition coefficient (Wildman–Crippen LogP) is 1.10. The largest absolute Gasteiger partial charge is 0.481 e. The van der Waals surface area contributed by atoms with Crippen LogP contribution in [0.15, 0.2) is 60.9 Å². The molecule has 0 saturated carbocycles. The molecule has 0 saturated heterocycles. The summed E-state index contributed by atoms with van der Waals surface area (Å²) in [5.74, 6) is -4.75. The average molecular weight is 623 g/mol. The standard InChI is InChI=1S/C30H34N6O7S/c31-20(9-10-26(37)38)27(39)36-25(15-44)29(41)34-23(11-16-13-32-21-7-3-1-5-18(16)21)28(40)35-24(30(42)43)12-17-14-33-22-8-4-2-6-19(17)22/h1-8,13-14,20,23-25,32-33,44H,9-12,15,31H2,(H,34,41)(H,35,40)(H,36,39)(H,37,38)(H,42,43). The number of aromatic amines is 2. The summed E-state index contributed by atoms with van der Waals surface area (Å²) in [6.07, 6.45) is 2.92.